The minimum absolute atomic E-state index is 0.351. The summed E-state index contributed by atoms with van der Waals surface area (Å²) < 4.78 is 5.57. The number of imidazole rings is 1. The standard InChI is InChI=1S/C23H24N6O2/c1-14-13-25-21(26-14)16-9-8-15(11-19(16)31-4)27-22-28-18(17-7-5-6-10-24-17)12-20(29-22)23(2,3)30/h5-13,30H,1-4H3,(H,25,26)(H,27,28,29). The van der Waals surface area contributed by atoms with Crippen molar-refractivity contribution in [2.75, 3.05) is 12.4 Å². The predicted molar refractivity (Wildman–Crippen MR) is 119 cm³/mol. The molecule has 8 heteroatoms. The third-order valence-corrected chi connectivity index (χ3v) is 4.70. The van der Waals surface area contributed by atoms with Crippen LogP contribution in [-0.2, 0) is 5.60 Å². The van der Waals surface area contributed by atoms with E-state index in [-0.39, 0.29) is 0 Å². The first-order valence-electron chi connectivity index (χ1n) is 9.84. The highest BCUT2D eigenvalue weighted by Crippen LogP contribution is 2.32. The van der Waals surface area contributed by atoms with Gasteiger partial charge >= 0.3 is 0 Å². The average molecular weight is 416 g/mol. The molecule has 0 bridgehead atoms. The smallest absolute Gasteiger partial charge is 0.228 e. The zero-order valence-corrected chi connectivity index (χ0v) is 17.8. The average Bonchev–Trinajstić information content (AvgIpc) is 3.19. The number of nitrogens with zero attached hydrogens (tertiary/aromatic N) is 4. The van der Waals surface area contributed by atoms with Gasteiger partial charge in [0, 0.05) is 24.1 Å². The summed E-state index contributed by atoms with van der Waals surface area (Å²) in [5, 5.41) is 13.7. The van der Waals surface area contributed by atoms with E-state index in [1.165, 1.54) is 0 Å². The van der Waals surface area contributed by atoms with E-state index in [4.69, 9.17) is 4.74 Å². The quantitative estimate of drug-likeness (QED) is 0.432. The molecule has 0 atom stereocenters. The van der Waals surface area contributed by atoms with Crippen LogP contribution in [-0.4, -0.2) is 37.1 Å². The summed E-state index contributed by atoms with van der Waals surface area (Å²) in [4.78, 5) is 21.1. The summed E-state index contributed by atoms with van der Waals surface area (Å²) in [6.45, 7) is 5.30. The Bertz CT molecular complexity index is 1200. The van der Waals surface area contributed by atoms with E-state index in [0.717, 1.165) is 22.8 Å². The Labute approximate surface area is 180 Å². The summed E-state index contributed by atoms with van der Waals surface area (Å²) in [5.41, 5.74) is 3.15. The number of ether oxygens (including phenoxy) is 1. The number of benzene rings is 1. The molecule has 0 unspecified atom stereocenters. The maximum Gasteiger partial charge on any atom is 0.228 e. The zero-order chi connectivity index (χ0) is 22.0. The molecule has 3 aromatic heterocycles. The van der Waals surface area contributed by atoms with Gasteiger partial charge in [-0.25, -0.2) is 15.0 Å². The monoisotopic (exact) mass is 416 g/mol. The molecule has 0 aliphatic carbocycles. The van der Waals surface area contributed by atoms with Crippen LogP contribution in [0.4, 0.5) is 11.6 Å². The lowest BCUT2D eigenvalue weighted by molar-refractivity contribution is 0.0739. The summed E-state index contributed by atoms with van der Waals surface area (Å²) in [6, 6.07) is 13.0. The van der Waals surface area contributed by atoms with Crippen molar-refractivity contribution in [1.29, 1.82) is 0 Å². The second kappa shape index (κ2) is 8.16. The Balaban J connectivity index is 1.71. The van der Waals surface area contributed by atoms with Gasteiger partial charge in [-0.3, -0.25) is 4.98 Å². The molecule has 0 spiro atoms. The third kappa shape index (κ3) is 4.54. The van der Waals surface area contributed by atoms with Crippen molar-refractivity contribution in [2.24, 2.45) is 0 Å². The normalized spacial score (nSPS) is 11.4. The van der Waals surface area contributed by atoms with Crippen LogP contribution in [0.15, 0.2) is 54.9 Å². The fourth-order valence-corrected chi connectivity index (χ4v) is 3.11. The number of aryl methyl sites for hydroxylation is 1. The van der Waals surface area contributed by atoms with Gasteiger partial charge in [0.05, 0.1) is 35.4 Å². The molecule has 4 aromatic rings. The predicted octanol–water partition coefficient (Wildman–Crippen LogP) is 4.22. The van der Waals surface area contributed by atoms with Crippen molar-refractivity contribution in [3.63, 3.8) is 0 Å². The van der Waals surface area contributed by atoms with Crippen LogP contribution in [0.3, 0.4) is 0 Å². The van der Waals surface area contributed by atoms with Crippen LogP contribution in [0.25, 0.3) is 22.8 Å². The molecule has 31 heavy (non-hydrogen) atoms. The second-order valence-electron chi connectivity index (χ2n) is 7.67. The van der Waals surface area contributed by atoms with E-state index in [9.17, 15) is 5.11 Å². The molecule has 3 heterocycles. The van der Waals surface area contributed by atoms with Crippen LogP contribution in [0.2, 0.25) is 0 Å². The largest absolute Gasteiger partial charge is 0.496 e. The molecule has 1 aromatic carbocycles. The molecule has 3 N–H and O–H groups in total. The number of pyridine rings is 1. The number of aliphatic hydroxyl groups is 1. The van der Waals surface area contributed by atoms with Crippen molar-refractivity contribution in [3.8, 4) is 28.5 Å². The van der Waals surface area contributed by atoms with Gasteiger partial charge in [0.15, 0.2) is 0 Å². The molecule has 0 amide bonds. The maximum atomic E-state index is 10.5. The summed E-state index contributed by atoms with van der Waals surface area (Å²) >= 11 is 0. The van der Waals surface area contributed by atoms with E-state index in [1.807, 2.05) is 49.5 Å². The molecule has 0 aliphatic rings. The minimum atomic E-state index is -1.14. The first-order valence-corrected chi connectivity index (χ1v) is 9.84. The van der Waals surface area contributed by atoms with Crippen molar-refractivity contribution in [1.82, 2.24) is 24.9 Å². The molecule has 0 aliphatic heterocycles. The molecular weight excluding hydrogens is 392 g/mol. The molecule has 0 saturated carbocycles. The van der Waals surface area contributed by atoms with Crippen LogP contribution < -0.4 is 10.1 Å². The number of rotatable bonds is 6. The number of aromatic amines is 1. The molecule has 4 rings (SSSR count). The van der Waals surface area contributed by atoms with E-state index >= 15 is 0 Å². The molecule has 158 valence electrons. The Morgan fingerprint density at radius 1 is 1.03 bits per heavy atom. The molecular formula is C23H24N6O2. The van der Waals surface area contributed by atoms with Crippen molar-refractivity contribution < 1.29 is 9.84 Å². The highest BCUT2D eigenvalue weighted by molar-refractivity contribution is 5.70. The van der Waals surface area contributed by atoms with Crippen LogP contribution in [0, 0.1) is 6.92 Å². The fourth-order valence-electron chi connectivity index (χ4n) is 3.11. The topological polar surface area (TPSA) is 109 Å². The Hall–Kier alpha value is -3.78. The number of anilines is 2. The van der Waals surface area contributed by atoms with Crippen molar-refractivity contribution in [3.05, 3.63) is 66.2 Å². The minimum Gasteiger partial charge on any atom is -0.496 e. The van der Waals surface area contributed by atoms with Gasteiger partial charge in [0.25, 0.3) is 0 Å². The molecule has 0 radical (unpaired) electrons. The highest BCUT2D eigenvalue weighted by atomic mass is 16.5. The van der Waals surface area contributed by atoms with Crippen LogP contribution in [0.1, 0.15) is 25.2 Å². The highest BCUT2D eigenvalue weighted by Gasteiger charge is 2.21. The van der Waals surface area contributed by atoms with Gasteiger partial charge < -0.3 is 20.1 Å². The van der Waals surface area contributed by atoms with E-state index in [0.29, 0.717) is 28.8 Å². The lowest BCUT2D eigenvalue weighted by Gasteiger charge is -2.19. The first kappa shape index (κ1) is 20.5. The summed E-state index contributed by atoms with van der Waals surface area (Å²) in [6.07, 6.45) is 3.55. The molecule has 0 saturated heterocycles. The van der Waals surface area contributed by atoms with Gasteiger partial charge in [-0.1, -0.05) is 6.07 Å². The lowest BCUT2D eigenvalue weighted by atomic mass is 10.0. The lowest BCUT2D eigenvalue weighted by Crippen LogP contribution is -2.19. The summed E-state index contributed by atoms with van der Waals surface area (Å²) in [5.74, 6) is 1.74. The number of methoxy groups -OCH3 is 1. The zero-order valence-electron chi connectivity index (χ0n) is 17.8. The van der Waals surface area contributed by atoms with Gasteiger partial charge in [-0.2, -0.15) is 0 Å². The Kier molecular flexibility index (Phi) is 5.39. The van der Waals surface area contributed by atoms with Crippen LogP contribution in [0.5, 0.6) is 5.75 Å². The van der Waals surface area contributed by atoms with Gasteiger partial charge in [0.1, 0.15) is 17.2 Å². The molecule has 8 nitrogen and oxygen atoms in total. The number of H-pyrrole nitrogens is 1. The number of aromatic nitrogens is 5. The maximum absolute atomic E-state index is 10.5. The van der Waals surface area contributed by atoms with E-state index < -0.39 is 5.60 Å². The van der Waals surface area contributed by atoms with E-state index in [2.05, 4.69) is 30.2 Å². The fraction of sp³-hybridized carbons (Fsp3) is 0.217. The van der Waals surface area contributed by atoms with Crippen molar-refractivity contribution >= 4 is 11.6 Å². The SMILES string of the molecule is COc1cc(Nc2nc(-c3ccccn3)cc(C(C)(C)O)n2)ccc1-c1nc(C)c[nH]1. The number of hydrogen-bond donors (Lipinski definition) is 3. The number of hydrogen-bond acceptors (Lipinski definition) is 7. The van der Waals surface area contributed by atoms with Gasteiger partial charge in [-0.15, -0.1) is 0 Å². The second-order valence-corrected chi connectivity index (χ2v) is 7.67. The molecule has 0 fully saturated rings. The summed E-state index contributed by atoms with van der Waals surface area (Å²) in [7, 11) is 1.61. The Morgan fingerprint density at radius 3 is 2.52 bits per heavy atom. The van der Waals surface area contributed by atoms with Gasteiger partial charge in [0.2, 0.25) is 5.95 Å². The van der Waals surface area contributed by atoms with Crippen molar-refractivity contribution in [2.45, 2.75) is 26.4 Å². The van der Waals surface area contributed by atoms with E-state index in [1.54, 1.807) is 33.2 Å². The first-order chi connectivity index (χ1) is 14.8. The van der Waals surface area contributed by atoms with Crippen LogP contribution >= 0.6 is 0 Å². The third-order valence-electron chi connectivity index (χ3n) is 4.70. The number of nitrogens with one attached hydrogen (secondary N) is 2. The van der Waals surface area contributed by atoms with Gasteiger partial charge in [-0.05, 0) is 51.1 Å². The Morgan fingerprint density at radius 2 is 1.87 bits per heavy atom.